The van der Waals surface area contributed by atoms with Crippen molar-refractivity contribution in [2.45, 2.75) is 84.0 Å². The Kier molecular flexibility index (Phi) is 20.1. The molecule has 0 fully saturated rings. The molecule has 0 aromatic carbocycles. The van der Waals surface area contributed by atoms with E-state index in [0.717, 1.165) is 13.0 Å². The van der Waals surface area contributed by atoms with Gasteiger partial charge in [0.05, 0.1) is 5.75 Å². The molecule has 0 heterocycles. The maximum absolute atomic E-state index is 10.6. The van der Waals surface area contributed by atoms with Crippen molar-refractivity contribution < 1.29 is 44.0 Å². The minimum absolute atomic E-state index is 0. The summed E-state index contributed by atoms with van der Waals surface area (Å²) in [6.07, 6.45) is 16.0. The van der Waals surface area contributed by atoms with Gasteiger partial charge in [0.2, 0.25) is 0 Å². The quantitative estimate of drug-likeness (QED) is 0.258. The minimum Gasteiger partial charge on any atom is -1.00 e. The minimum atomic E-state index is -3.82. The van der Waals surface area contributed by atoms with Gasteiger partial charge in [0.1, 0.15) is 0 Å². The molecule has 0 atom stereocenters. The first kappa shape index (κ1) is 26.1. The maximum Gasteiger partial charge on any atom is 1.00 e. The third-order valence-corrected chi connectivity index (χ3v) is 4.82. The first-order valence-corrected chi connectivity index (χ1v) is 10.7. The SMILES string of the molecule is CCCCCCCCCCCCCCN(C)CCS(=O)(=O)O.[H-].[Na+]. The van der Waals surface area contributed by atoms with E-state index in [2.05, 4.69) is 6.92 Å². The second-order valence-corrected chi connectivity index (χ2v) is 8.05. The molecule has 0 rings (SSSR count). The van der Waals surface area contributed by atoms with E-state index in [-0.39, 0.29) is 36.7 Å². The number of hydrogen-bond acceptors (Lipinski definition) is 3. The Balaban J connectivity index is -0.00000220. The molecule has 23 heavy (non-hydrogen) atoms. The van der Waals surface area contributed by atoms with E-state index >= 15 is 0 Å². The fourth-order valence-corrected chi connectivity index (χ4v) is 3.15. The van der Waals surface area contributed by atoms with Crippen molar-refractivity contribution in [1.82, 2.24) is 4.90 Å². The molecular weight excluding hydrogens is 321 g/mol. The smallest absolute Gasteiger partial charge is 1.00 e. The number of nitrogens with zero attached hydrogens (tertiary/aromatic N) is 1. The van der Waals surface area contributed by atoms with Gasteiger partial charge in [0.15, 0.2) is 0 Å². The maximum atomic E-state index is 10.6. The first-order valence-electron chi connectivity index (χ1n) is 9.09. The summed E-state index contributed by atoms with van der Waals surface area (Å²) in [5.74, 6) is -0.165. The van der Waals surface area contributed by atoms with Crippen molar-refractivity contribution >= 4 is 10.1 Å². The van der Waals surface area contributed by atoms with E-state index in [0.29, 0.717) is 6.54 Å². The van der Waals surface area contributed by atoms with Gasteiger partial charge in [-0.1, -0.05) is 77.6 Å². The molecule has 4 nitrogen and oxygen atoms in total. The van der Waals surface area contributed by atoms with Crippen molar-refractivity contribution in [2.75, 3.05) is 25.9 Å². The van der Waals surface area contributed by atoms with Crippen LogP contribution in [0.5, 0.6) is 0 Å². The van der Waals surface area contributed by atoms with Crippen LogP contribution in [0.1, 0.15) is 85.4 Å². The standard InChI is InChI=1S/C17H37NO3S.Na.H/c1-3-4-5-6-7-8-9-10-11-12-13-14-15-18(2)16-17-22(19,20)21;;/h3-17H2,1-2H3,(H,19,20,21);;/q;+1;-1. The van der Waals surface area contributed by atoms with Crippen LogP contribution in [0.3, 0.4) is 0 Å². The molecule has 0 aliphatic heterocycles. The van der Waals surface area contributed by atoms with Crippen molar-refractivity contribution in [3.63, 3.8) is 0 Å². The zero-order valence-corrected chi connectivity index (χ0v) is 18.5. The van der Waals surface area contributed by atoms with Gasteiger partial charge < -0.3 is 6.33 Å². The van der Waals surface area contributed by atoms with Gasteiger partial charge >= 0.3 is 29.6 Å². The summed E-state index contributed by atoms with van der Waals surface area (Å²) in [4.78, 5) is 1.98. The van der Waals surface area contributed by atoms with Gasteiger partial charge in [0.25, 0.3) is 10.1 Å². The summed E-state index contributed by atoms with van der Waals surface area (Å²) >= 11 is 0. The van der Waals surface area contributed by atoms with Crippen LogP contribution in [0.25, 0.3) is 0 Å². The van der Waals surface area contributed by atoms with E-state index in [1.54, 1.807) is 0 Å². The van der Waals surface area contributed by atoms with Gasteiger partial charge in [-0.05, 0) is 20.0 Å². The van der Waals surface area contributed by atoms with Gasteiger partial charge in [-0.3, -0.25) is 4.55 Å². The van der Waals surface area contributed by atoms with Gasteiger partial charge in [-0.15, -0.1) is 0 Å². The Hall–Kier alpha value is 0.870. The zero-order chi connectivity index (χ0) is 16.7. The van der Waals surface area contributed by atoms with E-state index in [1.807, 2.05) is 11.9 Å². The fourth-order valence-electron chi connectivity index (χ4n) is 2.61. The first-order chi connectivity index (χ1) is 10.5. The average Bonchev–Trinajstić information content (AvgIpc) is 2.45. The van der Waals surface area contributed by atoms with Gasteiger partial charge in [-0.2, -0.15) is 8.42 Å². The van der Waals surface area contributed by atoms with E-state index in [1.165, 1.54) is 70.6 Å². The summed E-state index contributed by atoms with van der Waals surface area (Å²) in [5.41, 5.74) is 0. The topological polar surface area (TPSA) is 57.6 Å². The van der Waals surface area contributed by atoms with E-state index < -0.39 is 10.1 Å². The number of hydrogen-bond donors (Lipinski definition) is 1. The molecule has 0 saturated carbocycles. The second kappa shape index (κ2) is 17.7. The van der Waals surface area contributed by atoms with Crippen molar-refractivity contribution in [3.8, 4) is 0 Å². The molecule has 0 unspecified atom stereocenters. The number of rotatable bonds is 16. The molecule has 0 aliphatic carbocycles. The average molecular weight is 360 g/mol. The Bertz CT molecular complexity index is 343. The normalized spacial score (nSPS) is 11.7. The summed E-state index contributed by atoms with van der Waals surface area (Å²) in [6.45, 7) is 3.58. The van der Waals surface area contributed by atoms with Crippen molar-refractivity contribution in [2.24, 2.45) is 0 Å². The Morgan fingerprint density at radius 3 is 1.57 bits per heavy atom. The molecule has 0 aromatic heterocycles. The Morgan fingerprint density at radius 1 is 0.783 bits per heavy atom. The molecule has 136 valence electrons. The predicted octanol–water partition coefficient (Wildman–Crippen LogP) is 1.62. The van der Waals surface area contributed by atoms with Crippen LogP contribution in [0.15, 0.2) is 0 Å². The van der Waals surface area contributed by atoms with Gasteiger partial charge in [0, 0.05) is 6.54 Å². The van der Waals surface area contributed by atoms with Crippen LogP contribution in [0.2, 0.25) is 0 Å². The molecular formula is C17H38NNaO3S. The van der Waals surface area contributed by atoms with E-state index in [9.17, 15) is 8.42 Å². The van der Waals surface area contributed by atoms with E-state index in [4.69, 9.17) is 4.55 Å². The second-order valence-electron chi connectivity index (χ2n) is 6.48. The number of unbranched alkanes of at least 4 members (excludes halogenated alkanes) is 11. The molecule has 0 bridgehead atoms. The molecule has 0 saturated heterocycles. The summed E-state index contributed by atoms with van der Waals surface area (Å²) < 4.78 is 30.0. The third kappa shape index (κ3) is 22.9. The van der Waals surface area contributed by atoms with Gasteiger partial charge in [-0.25, -0.2) is 0 Å². The molecule has 0 spiro atoms. The Morgan fingerprint density at radius 2 is 1.17 bits per heavy atom. The third-order valence-electron chi connectivity index (χ3n) is 4.12. The van der Waals surface area contributed by atoms with Crippen molar-refractivity contribution in [3.05, 3.63) is 0 Å². The molecule has 1 N–H and O–H groups in total. The fraction of sp³-hybridized carbons (Fsp3) is 1.00. The van der Waals surface area contributed by atoms with Crippen LogP contribution < -0.4 is 29.6 Å². The summed E-state index contributed by atoms with van der Waals surface area (Å²) in [5, 5.41) is 0. The molecule has 0 aromatic rings. The molecule has 6 heteroatoms. The molecule has 0 aliphatic rings. The summed E-state index contributed by atoms with van der Waals surface area (Å²) in [6, 6.07) is 0. The largest absolute Gasteiger partial charge is 1.00 e. The van der Waals surface area contributed by atoms with Crippen LogP contribution in [0.4, 0.5) is 0 Å². The van der Waals surface area contributed by atoms with Crippen LogP contribution in [0, 0.1) is 0 Å². The monoisotopic (exact) mass is 359 g/mol. The molecule has 0 amide bonds. The molecule has 0 radical (unpaired) electrons. The van der Waals surface area contributed by atoms with Crippen LogP contribution in [-0.2, 0) is 10.1 Å². The van der Waals surface area contributed by atoms with Crippen LogP contribution >= 0.6 is 0 Å². The Labute approximate surface area is 168 Å². The van der Waals surface area contributed by atoms with Crippen molar-refractivity contribution in [1.29, 1.82) is 0 Å². The zero-order valence-electron chi connectivity index (χ0n) is 16.7. The van der Waals surface area contributed by atoms with Crippen LogP contribution in [-0.4, -0.2) is 43.8 Å². The summed E-state index contributed by atoms with van der Waals surface area (Å²) in [7, 11) is -1.91. The predicted molar refractivity (Wildman–Crippen MR) is 96.1 cm³/mol.